The van der Waals surface area contributed by atoms with Crippen molar-refractivity contribution in [3.8, 4) is 0 Å². The second-order valence-corrected chi connectivity index (χ2v) is 6.92. The van der Waals surface area contributed by atoms with Crippen LogP contribution in [0.1, 0.15) is 12.0 Å². The molecule has 0 aromatic carbocycles. The van der Waals surface area contributed by atoms with Crippen LogP contribution in [-0.2, 0) is 18.9 Å². The van der Waals surface area contributed by atoms with Gasteiger partial charge in [0, 0.05) is 31.1 Å². The largest absolute Gasteiger partial charge is 0.396 e. The Hall–Kier alpha value is -0.440. The number of aromatic nitrogens is 2. The molecule has 0 fully saturated rings. The Morgan fingerprint density at radius 2 is 2.05 bits per heavy atom. The molecule has 0 aliphatic heterocycles. The average Bonchev–Trinajstić information content (AvgIpc) is 2.73. The highest BCUT2D eigenvalue weighted by Gasteiger charge is 2.18. The van der Waals surface area contributed by atoms with Gasteiger partial charge in [0.1, 0.15) is 4.83 Å². The molecule has 5 nitrogen and oxygen atoms in total. The van der Waals surface area contributed by atoms with Crippen molar-refractivity contribution in [2.75, 3.05) is 6.61 Å². The molecule has 2 rings (SSSR count). The number of nitrogens with zero attached hydrogens (tertiary/aromatic N) is 2. The Bertz CT molecular complexity index is 732. The predicted octanol–water partition coefficient (Wildman–Crippen LogP) is 1.80. The summed E-state index contributed by atoms with van der Waals surface area (Å²) in [5.74, 6) is 0. The molecule has 2 aromatic rings. The Kier molecular flexibility index (Phi) is 4.65. The van der Waals surface area contributed by atoms with E-state index in [0.29, 0.717) is 22.0 Å². The molecule has 2 aromatic heterocycles. The minimum Gasteiger partial charge on any atom is -0.396 e. The molecular weight excluding hydrogens is 400 g/mol. The molecule has 0 aliphatic carbocycles. The number of fused-ring (bicyclic) bond motifs is 1. The van der Waals surface area contributed by atoms with Crippen LogP contribution in [0.5, 0.6) is 0 Å². The van der Waals surface area contributed by atoms with Crippen LogP contribution >= 0.6 is 43.2 Å². The lowest BCUT2D eigenvalue weighted by Crippen LogP contribution is -2.39. The Balaban J connectivity index is 2.86. The summed E-state index contributed by atoms with van der Waals surface area (Å²) in [5, 5.41) is 9.97. The molecule has 0 atom stereocenters. The summed E-state index contributed by atoms with van der Waals surface area (Å²) in [6, 6.07) is 0. The molecular formula is C11H12Br2N2O3S. The molecule has 0 aliphatic rings. The number of aliphatic hydroxyl groups excluding tert-OH is 1. The normalized spacial score (nSPS) is 11.4. The Morgan fingerprint density at radius 1 is 1.37 bits per heavy atom. The van der Waals surface area contributed by atoms with E-state index in [1.165, 1.54) is 20.5 Å². The quantitative estimate of drug-likeness (QED) is 0.780. The first-order valence-electron chi connectivity index (χ1n) is 5.60. The van der Waals surface area contributed by atoms with Crippen LogP contribution in [0.3, 0.4) is 0 Å². The lowest BCUT2D eigenvalue weighted by molar-refractivity contribution is 0.277. The second-order valence-electron chi connectivity index (χ2n) is 4.04. The fraction of sp³-hybridized carbons (Fsp3) is 0.455. The summed E-state index contributed by atoms with van der Waals surface area (Å²) in [4.78, 5) is 25.2. The zero-order chi connectivity index (χ0) is 14.2. The highest BCUT2D eigenvalue weighted by molar-refractivity contribution is 9.11. The van der Waals surface area contributed by atoms with Gasteiger partial charge in [0.15, 0.2) is 0 Å². The average molecular weight is 412 g/mol. The topological polar surface area (TPSA) is 64.2 Å². The van der Waals surface area contributed by atoms with Gasteiger partial charge in [-0.15, -0.1) is 11.3 Å². The molecule has 104 valence electrons. The van der Waals surface area contributed by atoms with Crippen molar-refractivity contribution >= 4 is 53.4 Å². The van der Waals surface area contributed by atoms with E-state index >= 15 is 0 Å². The summed E-state index contributed by atoms with van der Waals surface area (Å²) < 4.78 is 3.52. The number of aryl methyl sites for hydroxylation is 1. The monoisotopic (exact) mass is 410 g/mol. The maximum absolute atomic E-state index is 12.4. The zero-order valence-corrected chi connectivity index (χ0v) is 14.1. The van der Waals surface area contributed by atoms with Crippen molar-refractivity contribution in [2.45, 2.75) is 18.3 Å². The third-order valence-corrected chi connectivity index (χ3v) is 5.52. The number of alkyl halides is 1. The minimum atomic E-state index is -0.346. The summed E-state index contributed by atoms with van der Waals surface area (Å²) in [5.41, 5.74) is 0.224. The highest BCUT2D eigenvalue weighted by atomic mass is 79.9. The van der Waals surface area contributed by atoms with E-state index in [1.807, 2.05) is 0 Å². The molecule has 19 heavy (non-hydrogen) atoms. The second kappa shape index (κ2) is 5.90. The third kappa shape index (κ3) is 2.46. The van der Waals surface area contributed by atoms with Crippen LogP contribution in [0.15, 0.2) is 13.4 Å². The van der Waals surface area contributed by atoms with Crippen molar-refractivity contribution in [1.29, 1.82) is 0 Å². The first-order chi connectivity index (χ1) is 9.02. The number of hydrogen-bond donors (Lipinski definition) is 1. The van der Waals surface area contributed by atoms with E-state index in [2.05, 4.69) is 31.9 Å². The smallest absolute Gasteiger partial charge is 0.331 e. The van der Waals surface area contributed by atoms with Gasteiger partial charge in [-0.1, -0.05) is 15.9 Å². The Labute approximate surface area is 129 Å². The molecule has 0 saturated carbocycles. The molecule has 0 saturated heterocycles. The lowest BCUT2D eigenvalue weighted by Gasteiger charge is -2.07. The summed E-state index contributed by atoms with van der Waals surface area (Å²) in [7, 11) is 1.65. The molecule has 1 N–H and O–H groups in total. The fourth-order valence-corrected chi connectivity index (χ4v) is 4.83. The molecule has 0 amide bonds. The van der Waals surface area contributed by atoms with E-state index in [9.17, 15) is 9.59 Å². The van der Waals surface area contributed by atoms with E-state index < -0.39 is 0 Å². The number of halogens is 2. The zero-order valence-electron chi connectivity index (χ0n) is 10.2. The maximum Gasteiger partial charge on any atom is 0.331 e. The van der Waals surface area contributed by atoms with Crippen LogP contribution in [0.2, 0.25) is 0 Å². The number of thiophene rings is 1. The fourth-order valence-electron chi connectivity index (χ4n) is 1.92. The van der Waals surface area contributed by atoms with Gasteiger partial charge < -0.3 is 5.11 Å². The van der Waals surface area contributed by atoms with Crippen LogP contribution in [0, 0.1) is 0 Å². The summed E-state index contributed by atoms with van der Waals surface area (Å²) in [6.07, 6.45) is 0.385. The molecule has 8 heteroatoms. The summed E-state index contributed by atoms with van der Waals surface area (Å²) in [6.45, 7) is 0.180. The molecule has 0 spiro atoms. The van der Waals surface area contributed by atoms with Crippen molar-refractivity contribution in [2.24, 2.45) is 7.05 Å². The number of hydrogen-bond acceptors (Lipinski definition) is 4. The molecule has 0 bridgehead atoms. The SMILES string of the molecule is Cn1c(=O)n(CCCO)c(=O)c2c(CBr)c(Br)sc21. The predicted molar refractivity (Wildman–Crippen MR) is 83.4 cm³/mol. The van der Waals surface area contributed by atoms with Crippen LogP contribution in [0.25, 0.3) is 10.2 Å². The minimum absolute atomic E-state index is 0.0493. The Morgan fingerprint density at radius 3 is 2.63 bits per heavy atom. The van der Waals surface area contributed by atoms with Gasteiger partial charge in [0.25, 0.3) is 5.56 Å². The van der Waals surface area contributed by atoms with Crippen LogP contribution < -0.4 is 11.2 Å². The molecule has 2 heterocycles. The standard InChI is InChI=1S/C11H12Br2N2O3S/c1-14-10-7(6(5-12)8(13)19-10)9(17)15(11(14)18)3-2-4-16/h16H,2-5H2,1H3. The first kappa shape index (κ1) is 15.0. The van der Waals surface area contributed by atoms with Crippen molar-refractivity contribution in [3.05, 3.63) is 30.2 Å². The van der Waals surface area contributed by atoms with E-state index in [0.717, 1.165) is 9.35 Å². The van der Waals surface area contributed by atoms with E-state index in [4.69, 9.17) is 5.11 Å². The van der Waals surface area contributed by atoms with Crippen molar-refractivity contribution in [1.82, 2.24) is 9.13 Å². The van der Waals surface area contributed by atoms with Crippen molar-refractivity contribution < 1.29 is 5.11 Å². The van der Waals surface area contributed by atoms with Gasteiger partial charge in [0.05, 0.1) is 9.17 Å². The van der Waals surface area contributed by atoms with Gasteiger partial charge in [-0.05, 0) is 22.4 Å². The lowest BCUT2D eigenvalue weighted by atomic mass is 10.2. The van der Waals surface area contributed by atoms with E-state index in [1.54, 1.807) is 7.05 Å². The molecule has 0 radical (unpaired) electrons. The third-order valence-electron chi connectivity index (χ3n) is 2.89. The number of aliphatic hydroxyl groups is 1. The molecule has 0 unspecified atom stereocenters. The van der Waals surface area contributed by atoms with Gasteiger partial charge in [0.2, 0.25) is 0 Å². The maximum atomic E-state index is 12.4. The van der Waals surface area contributed by atoms with Gasteiger partial charge >= 0.3 is 5.69 Å². The van der Waals surface area contributed by atoms with Gasteiger partial charge in [-0.2, -0.15) is 0 Å². The first-order valence-corrected chi connectivity index (χ1v) is 8.33. The summed E-state index contributed by atoms with van der Waals surface area (Å²) >= 11 is 8.17. The van der Waals surface area contributed by atoms with Gasteiger partial charge in [-0.3, -0.25) is 13.9 Å². The number of rotatable bonds is 4. The van der Waals surface area contributed by atoms with Crippen LogP contribution in [0.4, 0.5) is 0 Å². The van der Waals surface area contributed by atoms with Gasteiger partial charge in [-0.25, -0.2) is 4.79 Å². The van der Waals surface area contributed by atoms with Crippen molar-refractivity contribution in [3.63, 3.8) is 0 Å². The highest BCUT2D eigenvalue weighted by Crippen LogP contribution is 2.34. The van der Waals surface area contributed by atoms with Crippen LogP contribution in [-0.4, -0.2) is 20.8 Å². The van der Waals surface area contributed by atoms with E-state index in [-0.39, 0.29) is 24.4 Å².